The molecule has 0 fully saturated rings. The number of ether oxygens (including phenoxy) is 2. The zero-order valence-corrected chi connectivity index (χ0v) is 11.5. The first-order chi connectivity index (χ1) is 8.99. The van der Waals surface area contributed by atoms with E-state index in [0.29, 0.717) is 28.8 Å². The quantitative estimate of drug-likeness (QED) is 0.618. The Hall–Kier alpha value is -1.46. The molecule has 0 heterocycles. The predicted molar refractivity (Wildman–Crippen MR) is 71.3 cm³/mol. The van der Waals surface area contributed by atoms with Gasteiger partial charge in [0.25, 0.3) is 5.91 Å². The summed E-state index contributed by atoms with van der Waals surface area (Å²) in [4.78, 5) is 21.5. The Morgan fingerprint density at radius 2 is 2.00 bits per heavy atom. The Morgan fingerprint density at radius 1 is 1.26 bits per heavy atom. The molecule has 0 bridgehead atoms. The summed E-state index contributed by atoms with van der Waals surface area (Å²) in [7, 11) is 0. The molecule has 1 aromatic carbocycles. The number of primary amides is 1. The number of nitrogens with two attached hydrogens (primary N) is 1. The summed E-state index contributed by atoms with van der Waals surface area (Å²) in [6.45, 7) is -0.101. The Balaban J connectivity index is 2.23. The van der Waals surface area contributed by atoms with Gasteiger partial charge in [-0.05, 0) is 24.6 Å². The molecule has 2 N–H and O–H groups in total. The Kier molecular flexibility index (Phi) is 6.45. The van der Waals surface area contributed by atoms with Crippen molar-refractivity contribution in [2.24, 2.45) is 5.73 Å². The van der Waals surface area contributed by atoms with Crippen LogP contribution in [-0.4, -0.2) is 25.1 Å². The lowest BCUT2D eigenvalue weighted by Crippen LogP contribution is -2.21. The van der Waals surface area contributed by atoms with E-state index in [-0.39, 0.29) is 6.42 Å². The standard InChI is InChI=1S/C12H13Cl2NO4/c13-8-3-4-10(9(14)6-8)18-5-1-2-12(17)19-7-11(15)16/h3-4,6H,1-2,5,7H2,(H2,15,16). The van der Waals surface area contributed by atoms with Gasteiger partial charge in [0, 0.05) is 11.4 Å². The minimum Gasteiger partial charge on any atom is -0.492 e. The number of halogens is 2. The number of amides is 1. The molecule has 19 heavy (non-hydrogen) atoms. The van der Waals surface area contributed by atoms with Crippen molar-refractivity contribution in [3.63, 3.8) is 0 Å². The largest absolute Gasteiger partial charge is 0.492 e. The molecule has 0 aliphatic heterocycles. The van der Waals surface area contributed by atoms with E-state index in [4.69, 9.17) is 33.7 Å². The molecule has 0 saturated carbocycles. The third kappa shape index (κ3) is 6.31. The summed E-state index contributed by atoms with van der Waals surface area (Å²) in [5.41, 5.74) is 4.83. The van der Waals surface area contributed by atoms with Crippen molar-refractivity contribution in [3.05, 3.63) is 28.2 Å². The number of hydrogen-bond acceptors (Lipinski definition) is 4. The van der Waals surface area contributed by atoms with Crippen molar-refractivity contribution in [1.29, 1.82) is 0 Å². The molecule has 1 rings (SSSR count). The molecule has 0 atom stereocenters. The number of carbonyl (C=O) groups excluding carboxylic acids is 2. The van der Waals surface area contributed by atoms with Gasteiger partial charge in [0.1, 0.15) is 5.75 Å². The van der Waals surface area contributed by atoms with Gasteiger partial charge in [-0.3, -0.25) is 9.59 Å². The SMILES string of the molecule is NC(=O)COC(=O)CCCOc1ccc(Cl)cc1Cl. The van der Waals surface area contributed by atoms with Gasteiger partial charge >= 0.3 is 5.97 Å². The fraction of sp³-hybridized carbons (Fsp3) is 0.333. The average molecular weight is 306 g/mol. The van der Waals surface area contributed by atoms with E-state index in [1.807, 2.05) is 0 Å². The molecule has 0 aliphatic rings. The number of carbonyl (C=O) groups is 2. The molecular weight excluding hydrogens is 293 g/mol. The van der Waals surface area contributed by atoms with Crippen LogP contribution in [0.3, 0.4) is 0 Å². The molecular formula is C12H13Cl2NO4. The molecule has 7 heteroatoms. The van der Waals surface area contributed by atoms with Crippen LogP contribution >= 0.6 is 23.2 Å². The molecule has 0 radical (unpaired) electrons. The minimum absolute atomic E-state index is 0.137. The first-order valence-electron chi connectivity index (χ1n) is 5.51. The van der Waals surface area contributed by atoms with Gasteiger partial charge < -0.3 is 15.2 Å². The van der Waals surface area contributed by atoms with Gasteiger partial charge in [0.05, 0.1) is 11.6 Å². The highest BCUT2D eigenvalue weighted by atomic mass is 35.5. The van der Waals surface area contributed by atoms with Crippen LogP contribution in [-0.2, 0) is 14.3 Å². The Bertz CT molecular complexity index is 465. The van der Waals surface area contributed by atoms with Crippen LogP contribution in [0.5, 0.6) is 5.75 Å². The topological polar surface area (TPSA) is 78.6 Å². The number of esters is 1. The zero-order chi connectivity index (χ0) is 14.3. The van der Waals surface area contributed by atoms with Gasteiger partial charge in [0.2, 0.25) is 0 Å². The monoisotopic (exact) mass is 305 g/mol. The summed E-state index contributed by atoms with van der Waals surface area (Å²) >= 11 is 11.6. The van der Waals surface area contributed by atoms with E-state index in [2.05, 4.69) is 4.74 Å². The van der Waals surface area contributed by atoms with Crippen molar-refractivity contribution in [2.75, 3.05) is 13.2 Å². The molecule has 0 unspecified atom stereocenters. The molecule has 0 aromatic heterocycles. The van der Waals surface area contributed by atoms with E-state index in [1.165, 1.54) is 0 Å². The lowest BCUT2D eigenvalue weighted by molar-refractivity contribution is -0.147. The van der Waals surface area contributed by atoms with Crippen LogP contribution in [0, 0.1) is 0 Å². The normalized spacial score (nSPS) is 10.0. The van der Waals surface area contributed by atoms with E-state index < -0.39 is 18.5 Å². The Morgan fingerprint density at radius 3 is 2.63 bits per heavy atom. The fourth-order valence-electron chi connectivity index (χ4n) is 1.21. The highest BCUT2D eigenvalue weighted by molar-refractivity contribution is 6.35. The smallest absolute Gasteiger partial charge is 0.306 e. The van der Waals surface area contributed by atoms with E-state index in [0.717, 1.165) is 0 Å². The first kappa shape index (κ1) is 15.6. The summed E-state index contributed by atoms with van der Waals surface area (Å²) < 4.78 is 9.96. The molecule has 104 valence electrons. The first-order valence-corrected chi connectivity index (χ1v) is 6.26. The van der Waals surface area contributed by atoms with E-state index in [9.17, 15) is 9.59 Å². The predicted octanol–water partition coefficient (Wildman–Crippen LogP) is 2.18. The van der Waals surface area contributed by atoms with Crippen molar-refractivity contribution in [2.45, 2.75) is 12.8 Å². The second kappa shape index (κ2) is 7.86. The number of hydrogen-bond donors (Lipinski definition) is 1. The third-order valence-electron chi connectivity index (χ3n) is 2.05. The van der Waals surface area contributed by atoms with Gasteiger partial charge in [0.15, 0.2) is 6.61 Å². The van der Waals surface area contributed by atoms with Gasteiger partial charge in [-0.1, -0.05) is 23.2 Å². The molecule has 0 saturated heterocycles. The number of benzene rings is 1. The second-order valence-electron chi connectivity index (χ2n) is 3.65. The third-order valence-corrected chi connectivity index (χ3v) is 2.58. The number of rotatable bonds is 7. The van der Waals surface area contributed by atoms with E-state index in [1.54, 1.807) is 18.2 Å². The lowest BCUT2D eigenvalue weighted by Gasteiger charge is -2.08. The van der Waals surface area contributed by atoms with Crippen LogP contribution in [0.2, 0.25) is 10.0 Å². The summed E-state index contributed by atoms with van der Waals surface area (Å²) in [5.74, 6) is -0.682. The van der Waals surface area contributed by atoms with Crippen LogP contribution in [0.25, 0.3) is 0 Å². The zero-order valence-electron chi connectivity index (χ0n) is 10.0. The maximum Gasteiger partial charge on any atom is 0.306 e. The summed E-state index contributed by atoms with van der Waals surface area (Å²) in [6, 6.07) is 4.87. The van der Waals surface area contributed by atoms with Crippen molar-refractivity contribution >= 4 is 35.1 Å². The molecule has 0 aliphatic carbocycles. The average Bonchev–Trinajstić information content (AvgIpc) is 2.34. The van der Waals surface area contributed by atoms with Crippen molar-refractivity contribution in [1.82, 2.24) is 0 Å². The molecule has 0 spiro atoms. The maximum atomic E-state index is 11.1. The van der Waals surface area contributed by atoms with Crippen LogP contribution in [0.15, 0.2) is 18.2 Å². The maximum absolute atomic E-state index is 11.1. The highest BCUT2D eigenvalue weighted by Crippen LogP contribution is 2.27. The highest BCUT2D eigenvalue weighted by Gasteiger charge is 2.06. The van der Waals surface area contributed by atoms with Crippen LogP contribution < -0.4 is 10.5 Å². The van der Waals surface area contributed by atoms with Gasteiger partial charge in [-0.25, -0.2) is 0 Å². The molecule has 1 aromatic rings. The van der Waals surface area contributed by atoms with Crippen molar-refractivity contribution < 1.29 is 19.1 Å². The fourth-order valence-corrected chi connectivity index (χ4v) is 1.68. The van der Waals surface area contributed by atoms with Crippen LogP contribution in [0.4, 0.5) is 0 Å². The van der Waals surface area contributed by atoms with Gasteiger partial charge in [-0.15, -0.1) is 0 Å². The van der Waals surface area contributed by atoms with Crippen molar-refractivity contribution in [3.8, 4) is 5.75 Å². The summed E-state index contributed by atoms with van der Waals surface area (Å²) in [5, 5.41) is 0.927. The summed E-state index contributed by atoms with van der Waals surface area (Å²) in [6.07, 6.45) is 0.578. The van der Waals surface area contributed by atoms with Gasteiger partial charge in [-0.2, -0.15) is 0 Å². The molecule has 5 nitrogen and oxygen atoms in total. The minimum atomic E-state index is -0.683. The van der Waals surface area contributed by atoms with Crippen LogP contribution in [0.1, 0.15) is 12.8 Å². The Labute approximate surface area is 120 Å². The van der Waals surface area contributed by atoms with E-state index >= 15 is 0 Å². The second-order valence-corrected chi connectivity index (χ2v) is 4.50. The molecule has 1 amide bonds. The lowest BCUT2D eigenvalue weighted by atomic mass is 10.3.